The lowest BCUT2D eigenvalue weighted by Crippen LogP contribution is -2.09. The molecule has 0 aromatic heterocycles. The number of aryl methyl sites for hydroxylation is 1. The Balaban J connectivity index is 2.26. The molecular weight excluding hydrogens is 285 g/mol. The minimum Gasteiger partial charge on any atom is -0.457 e. The summed E-state index contributed by atoms with van der Waals surface area (Å²) in [6.07, 6.45) is 0. The third-order valence-electron chi connectivity index (χ3n) is 2.59. The van der Waals surface area contributed by atoms with Gasteiger partial charge >= 0.3 is 0 Å². The fourth-order valence-electron chi connectivity index (χ4n) is 1.53. The minimum absolute atomic E-state index is 0.220. The Labute approximate surface area is 120 Å². The van der Waals surface area contributed by atoms with Gasteiger partial charge in [0, 0.05) is 17.7 Å². The van der Waals surface area contributed by atoms with E-state index in [-0.39, 0.29) is 10.8 Å². The predicted octanol–water partition coefficient (Wildman–Crippen LogP) is 4.21. The first kappa shape index (κ1) is 13.8. The van der Waals surface area contributed by atoms with Crippen LogP contribution in [0.2, 0.25) is 5.02 Å². The molecule has 2 aromatic carbocycles. The Hall–Kier alpha value is -1.65. The molecule has 2 nitrogen and oxygen atoms in total. The summed E-state index contributed by atoms with van der Waals surface area (Å²) < 4.78 is 18.9. The lowest BCUT2D eigenvalue weighted by atomic mass is 10.2. The fourth-order valence-corrected chi connectivity index (χ4v) is 2.04. The average Bonchev–Trinajstić information content (AvgIpc) is 2.33. The lowest BCUT2D eigenvalue weighted by Gasteiger charge is -2.09. The molecule has 0 fully saturated rings. The first-order chi connectivity index (χ1) is 8.97. The maximum absolute atomic E-state index is 13.4. The van der Waals surface area contributed by atoms with Crippen molar-refractivity contribution in [1.29, 1.82) is 0 Å². The molecule has 0 unspecified atom stereocenters. The van der Waals surface area contributed by atoms with Gasteiger partial charge in [-0.3, -0.25) is 0 Å². The molecule has 0 radical (unpaired) electrons. The minimum atomic E-state index is -0.316. The van der Waals surface area contributed by atoms with Gasteiger partial charge in [0.05, 0.1) is 5.02 Å². The van der Waals surface area contributed by atoms with E-state index in [9.17, 15) is 4.39 Å². The fraction of sp³-hybridized carbons (Fsp3) is 0.0714. The zero-order valence-corrected chi connectivity index (χ0v) is 11.7. The van der Waals surface area contributed by atoms with E-state index in [2.05, 4.69) is 0 Å². The van der Waals surface area contributed by atoms with Crippen molar-refractivity contribution in [1.82, 2.24) is 0 Å². The average molecular weight is 296 g/mol. The molecule has 2 aromatic rings. The normalized spacial score (nSPS) is 10.3. The summed E-state index contributed by atoms with van der Waals surface area (Å²) in [6.45, 7) is 1.69. The number of hydrogen-bond acceptors (Lipinski definition) is 2. The summed E-state index contributed by atoms with van der Waals surface area (Å²) in [5.74, 6) is 0.582. The second-order valence-corrected chi connectivity index (χ2v) is 4.87. The summed E-state index contributed by atoms with van der Waals surface area (Å²) in [7, 11) is 0. The number of benzene rings is 2. The Morgan fingerprint density at radius 1 is 1.21 bits per heavy atom. The summed E-state index contributed by atoms with van der Waals surface area (Å²) in [5.41, 5.74) is 6.66. The van der Waals surface area contributed by atoms with Crippen LogP contribution in [0, 0.1) is 12.7 Å². The van der Waals surface area contributed by atoms with E-state index in [4.69, 9.17) is 34.3 Å². The summed E-state index contributed by atoms with van der Waals surface area (Å²) in [5, 5.41) is 0.401. The highest BCUT2D eigenvalue weighted by Gasteiger charge is 2.07. The Kier molecular flexibility index (Phi) is 4.02. The van der Waals surface area contributed by atoms with Crippen LogP contribution in [0.5, 0.6) is 11.5 Å². The van der Waals surface area contributed by atoms with Gasteiger partial charge in [-0.1, -0.05) is 29.9 Å². The van der Waals surface area contributed by atoms with E-state index in [0.29, 0.717) is 27.6 Å². The van der Waals surface area contributed by atoms with Crippen molar-refractivity contribution in [3.05, 3.63) is 58.4 Å². The van der Waals surface area contributed by atoms with Crippen molar-refractivity contribution in [3.8, 4) is 11.5 Å². The van der Waals surface area contributed by atoms with Crippen molar-refractivity contribution >= 4 is 28.8 Å². The first-order valence-corrected chi connectivity index (χ1v) is 6.29. The van der Waals surface area contributed by atoms with Crippen LogP contribution in [0.15, 0.2) is 36.4 Å². The molecule has 0 aliphatic carbocycles. The van der Waals surface area contributed by atoms with E-state index in [1.165, 1.54) is 6.07 Å². The molecule has 0 saturated carbocycles. The quantitative estimate of drug-likeness (QED) is 0.861. The molecular formula is C14H11ClFNOS. The molecule has 0 amide bonds. The van der Waals surface area contributed by atoms with Crippen LogP contribution in [0.4, 0.5) is 4.39 Å². The number of nitrogens with two attached hydrogens (primary N) is 1. The molecule has 98 valence electrons. The second-order valence-electron chi connectivity index (χ2n) is 4.02. The molecule has 0 aliphatic heterocycles. The van der Waals surface area contributed by atoms with Crippen LogP contribution < -0.4 is 10.5 Å². The summed E-state index contributed by atoms with van der Waals surface area (Å²) in [6, 6.07) is 9.60. The van der Waals surface area contributed by atoms with Crippen LogP contribution in [0.3, 0.4) is 0 Å². The van der Waals surface area contributed by atoms with Crippen LogP contribution in [-0.4, -0.2) is 4.99 Å². The van der Waals surface area contributed by atoms with Crippen molar-refractivity contribution < 1.29 is 9.13 Å². The molecule has 0 aliphatic rings. The second kappa shape index (κ2) is 5.55. The molecule has 2 N–H and O–H groups in total. The topological polar surface area (TPSA) is 35.2 Å². The van der Waals surface area contributed by atoms with Gasteiger partial charge in [-0.2, -0.15) is 0 Å². The number of halogens is 2. The van der Waals surface area contributed by atoms with E-state index in [1.807, 2.05) is 0 Å². The van der Waals surface area contributed by atoms with Gasteiger partial charge in [-0.05, 0) is 30.7 Å². The predicted molar refractivity (Wildman–Crippen MR) is 78.6 cm³/mol. The summed E-state index contributed by atoms with van der Waals surface area (Å²) >= 11 is 10.9. The third-order valence-corrected chi connectivity index (χ3v) is 3.12. The van der Waals surface area contributed by atoms with Crippen LogP contribution in [0.1, 0.15) is 11.1 Å². The van der Waals surface area contributed by atoms with Crippen molar-refractivity contribution in [2.75, 3.05) is 0 Å². The Morgan fingerprint density at radius 2 is 1.84 bits per heavy atom. The monoisotopic (exact) mass is 295 g/mol. The Bertz CT molecular complexity index is 645. The zero-order chi connectivity index (χ0) is 14.0. The Morgan fingerprint density at radius 3 is 2.42 bits per heavy atom. The van der Waals surface area contributed by atoms with Gasteiger partial charge in [-0.25, -0.2) is 4.39 Å². The molecule has 0 saturated heterocycles. The van der Waals surface area contributed by atoms with Crippen molar-refractivity contribution in [3.63, 3.8) is 0 Å². The highest BCUT2D eigenvalue weighted by atomic mass is 35.5. The van der Waals surface area contributed by atoms with Crippen molar-refractivity contribution in [2.45, 2.75) is 6.92 Å². The van der Waals surface area contributed by atoms with Crippen LogP contribution in [-0.2, 0) is 0 Å². The van der Waals surface area contributed by atoms with Gasteiger partial charge in [0.25, 0.3) is 0 Å². The van der Waals surface area contributed by atoms with Gasteiger partial charge in [0.1, 0.15) is 22.3 Å². The molecule has 0 heterocycles. The SMILES string of the molecule is Cc1ccc(Oc2ccc(C(N)=S)c(Cl)c2)cc1F. The molecule has 5 heteroatoms. The van der Waals surface area contributed by atoms with E-state index >= 15 is 0 Å². The van der Waals surface area contributed by atoms with Crippen LogP contribution >= 0.6 is 23.8 Å². The molecule has 2 rings (SSSR count). The molecule has 0 bridgehead atoms. The highest BCUT2D eigenvalue weighted by Crippen LogP contribution is 2.27. The zero-order valence-electron chi connectivity index (χ0n) is 10.1. The van der Waals surface area contributed by atoms with Gasteiger partial charge < -0.3 is 10.5 Å². The number of ether oxygens (including phenoxy) is 1. The number of hydrogen-bond donors (Lipinski definition) is 1. The largest absolute Gasteiger partial charge is 0.457 e. The molecule has 19 heavy (non-hydrogen) atoms. The van der Waals surface area contributed by atoms with E-state index < -0.39 is 0 Å². The number of rotatable bonds is 3. The molecule has 0 spiro atoms. The number of thiocarbonyl (C=S) groups is 1. The summed E-state index contributed by atoms with van der Waals surface area (Å²) in [4.78, 5) is 0.220. The third kappa shape index (κ3) is 3.22. The van der Waals surface area contributed by atoms with Crippen LogP contribution in [0.25, 0.3) is 0 Å². The maximum Gasteiger partial charge on any atom is 0.130 e. The smallest absolute Gasteiger partial charge is 0.130 e. The standard InChI is InChI=1S/C14H11ClFNOS/c1-8-2-3-10(7-13(8)16)18-9-4-5-11(14(17)19)12(15)6-9/h2-7H,1H3,(H2,17,19). The van der Waals surface area contributed by atoms with Gasteiger partial charge in [0.2, 0.25) is 0 Å². The lowest BCUT2D eigenvalue weighted by molar-refractivity contribution is 0.476. The molecule has 0 atom stereocenters. The van der Waals surface area contributed by atoms with Crippen molar-refractivity contribution in [2.24, 2.45) is 5.73 Å². The highest BCUT2D eigenvalue weighted by molar-refractivity contribution is 7.80. The van der Waals surface area contributed by atoms with Gasteiger partial charge in [0.15, 0.2) is 0 Å². The maximum atomic E-state index is 13.4. The first-order valence-electron chi connectivity index (χ1n) is 5.51. The van der Waals surface area contributed by atoms with E-state index in [1.54, 1.807) is 37.3 Å². The van der Waals surface area contributed by atoms with Gasteiger partial charge in [-0.15, -0.1) is 0 Å². The van der Waals surface area contributed by atoms with E-state index in [0.717, 1.165) is 0 Å².